The van der Waals surface area contributed by atoms with Gasteiger partial charge in [0.15, 0.2) is 0 Å². The van der Waals surface area contributed by atoms with Crippen LogP contribution in [-0.2, 0) is 0 Å². The third-order valence-electron chi connectivity index (χ3n) is 0.816. The molecule has 0 amide bonds. The van der Waals surface area contributed by atoms with Crippen LogP contribution in [0.2, 0.25) is 0 Å². The summed E-state index contributed by atoms with van der Waals surface area (Å²) in [6, 6.07) is 0. The van der Waals surface area contributed by atoms with E-state index in [1.54, 1.807) is 0 Å². The Morgan fingerprint density at radius 3 is 0.458 bits per heavy atom. The minimum atomic E-state index is 0. The lowest BCUT2D eigenvalue weighted by Crippen LogP contribution is -1.77. The van der Waals surface area contributed by atoms with Crippen LogP contribution in [0, 0.1) is 11.8 Å². The van der Waals surface area contributed by atoms with Crippen LogP contribution in [0.1, 0.15) is 153 Å². The summed E-state index contributed by atoms with van der Waals surface area (Å²) in [5, 5.41) is 0. The molecular formula is C24H70. The Bertz CT molecular complexity index is 54.9. The van der Waals surface area contributed by atoms with Gasteiger partial charge in [-0.05, 0) is 11.8 Å². The van der Waals surface area contributed by atoms with E-state index in [1.165, 1.54) is 25.7 Å². The van der Waals surface area contributed by atoms with Gasteiger partial charge < -0.3 is 0 Å². The van der Waals surface area contributed by atoms with Crippen molar-refractivity contribution >= 4 is 0 Å². The monoisotopic (exact) mass is 359 g/mol. The van der Waals surface area contributed by atoms with E-state index < -0.39 is 0 Å². The average Bonchev–Trinajstić information content (AvgIpc) is 2.20. The highest BCUT2D eigenvalue weighted by Gasteiger charge is 1.80. The fraction of sp³-hybridized carbons (Fsp3) is 1.00. The summed E-state index contributed by atoms with van der Waals surface area (Å²) in [6.07, 6.45) is 5.06. The molecule has 0 aliphatic heterocycles. The van der Waals surface area contributed by atoms with Gasteiger partial charge in [-0.2, -0.15) is 0 Å². The Morgan fingerprint density at radius 2 is 0.458 bits per heavy atom. The maximum atomic E-state index is 2.22. The van der Waals surface area contributed by atoms with Crippen LogP contribution in [0.5, 0.6) is 0 Å². The summed E-state index contributed by atoms with van der Waals surface area (Å²) in [5.74, 6) is 1.72. The van der Waals surface area contributed by atoms with Gasteiger partial charge >= 0.3 is 0 Å². The Kier molecular flexibility index (Phi) is 348. The smallest absolute Gasteiger partial charge is 0.0474 e. The molecule has 0 radical (unpaired) electrons. The van der Waals surface area contributed by atoms with Gasteiger partial charge in [-0.1, -0.05) is 153 Å². The van der Waals surface area contributed by atoms with E-state index in [2.05, 4.69) is 83.1 Å². The van der Waals surface area contributed by atoms with Crippen LogP contribution < -0.4 is 0 Å². The van der Waals surface area contributed by atoms with Crippen molar-refractivity contribution in [3.8, 4) is 0 Å². The van der Waals surface area contributed by atoms with Crippen molar-refractivity contribution in [2.45, 2.75) is 153 Å². The maximum Gasteiger partial charge on any atom is -0.0474 e. The summed E-state index contributed by atoms with van der Waals surface area (Å²) in [6.45, 7) is 25.9. The van der Waals surface area contributed by atoms with Gasteiger partial charge in [0.1, 0.15) is 0 Å². The molecule has 0 nitrogen and oxygen atoms in total. The molecule has 0 aliphatic rings. The molecule has 0 atom stereocenters. The fourth-order valence-electron chi connectivity index (χ4n) is 0. The molecule has 0 aliphatic carbocycles. The van der Waals surface area contributed by atoms with Crippen LogP contribution in [0.4, 0.5) is 0 Å². The van der Waals surface area contributed by atoms with Crippen molar-refractivity contribution in [2.24, 2.45) is 11.8 Å². The predicted octanol–water partition coefficient (Wildman–Crippen LogP) is 11.8. The zero-order valence-electron chi connectivity index (χ0n) is 16.0. The summed E-state index contributed by atoms with van der Waals surface area (Å²) in [4.78, 5) is 0. The number of hydrogen-bond donors (Lipinski definition) is 0. The first-order chi connectivity index (χ1) is 8.24. The highest BCUT2D eigenvalue weighted by Crippen LogP contribution is 1.93. The van der Waals surface area contributed by atoms with E-state index in [4.69, 9.17) is 0 Å². The van der Waals surface area contributed by atoms with Gasteiger partial charge in [0, 0.05) is 0 Å². The van der Waals surface area contributed by atoms with E-state index in [0.29, 0.717) is 0 Å². The van der Waals surface area contributed by atoms with Gasteiger partial charge in [0.25, 0.3) is 0 Å². The molecular weight excluding hydrogens is 288 g/mol. The second-order valence-electron chi connectivity index (χ2n) is 5.66. The van der Waals surface area contributed by atoms with Crippen molar-refractivity contribution in [1.29, 1.82) is 0 Å². The molecule has 0 bridgehead atoms. The molecule has 0 rings (SSSR count). The third-order valence-corrected chi connectivity index (χ3v) is 0.816. The van der Waals surface area contributed by atoms with Crippen LogP contribution in [0.15, 0.2) is 0 Å². The molecule has 0 aromatic carbocycles. The van der Waals surface area contributed by atoms with E-state index in [1.807, 2.05) is 0 Å². The van der Waals surface area contributed by atoms with E-state index in [0.717, 1.165) is 11.8 Å². The van der Waals surface area contributed by atoms with Crippen molar-refractivity contribution in [3.63, 3.8) is 0 Å². The van der Waals surface area contributed by atoms with Crippen LogP contribution in [0.3, 0.4) is 0 Å². The standard InChI is InChI=1S/C5H12.C4H10.3C3H8.6CH4/c1-4-5(2)3;1-4(2)3;3*1-3-2;;;;;;/h5H,4H2,1-3H3;4H,1-3H3;3*3H2,1-2H3;6*1H4. The fourth-order valence-corrected chi connectivity index (χ4v) is 0. The number of rotatable bonds is 1. The van der Waals surface area contributed by atoms with Gasteiger partial charge in [-0.3, -0.25) is 0 Å². The molecule has 166 valence electrons. The molecule has 0 spiro atoms. The largest absolute Gasteiger partial charge is 0.0776 e. The molecule has 0 heterocycles. The van der Waals surface area contributed by atoms with Gasteiger partial charge in [0.2, 0.25) is 0 Å². The van der Waals surface area contributed by atoms with Gasteiger partial charge in [-0.15, -0.1) is 0 Å². The molecule has 0 saturated heterocycles. The minimum Gasteiger partial charge on any atom is -0.0776 e. The zero-order valence-corrected chi connectivity index (χ0v) is 16.0. The second-order valence-corrected chi connectivity index (χ2v) is 5.66. The van der Waals surface area contributed by atoms with Crippen molar-refractivity contribution in [1.82, 2.24) is 0 Å². The minimum absolute atomic E-state index is 0. The lowest BCUT2D eigenvalue weighted by molar-refractivity contribution is 0.626. The lowest BCUT2D eigenvalue weighted by Gasteiger charge is -1.90. The van der Waals surface area contributed by atoms with Crippen molar-refractivity contribution < 1.29 is 0 Å². The summed E-state index contributed by atoms with van der Waals surface area (Å²) >= 11 is 0. The predicted molar refractivity (Wildman–Crippen MR) is 134 cm³/mol. The molecule has 0 heteroatoms. The molecule has 0 aromatic rings. The summed E-state index contributed by atoms with van der Waals surface area (Å²) in [5.41, 5.74) is 0. The highest BCUT2D eigenvalue weighted by molar-refractivity contribution is 4.32. The van der Waals surface area contributed by atoms with Crippen LogP contribution in [0.25, 0.3) is 0 Å². The van der Waals surface area contributed by atoms with Gasteiger partial charge in [-0.25, -0.2) is 0 Å². The maximum absolute atomic E-state index is 2.22. The molecule has 24 heavy (non-hydrogen) atoms. The Balaban J connectivity index is -0.00000000933. The normalized spacial score (nSPS) is 5.75. The van der Waals surface area contributed by atoms with Crippen molar-refractivity contribution in [3.05, 3.63) is 0 Å². The van der Waals surface area contributed by atoms with Crippen molar-refractivity contribution in [2.75, 3.05) is 0 Å². The number of hydrogen-bond acceptors (Lipinski definition) is 0. The topological polar surface area (TPSA) is 0 Å². The second kappa shape index (κ2) is 111. The van der Waals surface area contributed by atoms with Crippen LogP contribution >= 0.6 is 0 Å². The van der Waals surface area contributed by atoms with Gasteiger partial charge in [0.05, 0.1) is 0 Å². The summed E-state index contributed by atoms with van der Waals surface area (Å²) in [7, 11) is 0. The molecule has 0 fully saturated rings. The average molecular weight is 359 g/mol. The van der Waals surface area contributed by atoms with E-state index in [9.17, 15) is 0 Å². The molecule has 0 aromatic heterocycles. The first kappa shape index (κ1) is 75.1. The SMILES string of the molecule is C.C.C.C.C.C.CC(C)C.CCC.CCC.CCC.CCC(C)C. The van der Waals surface area contributed by atoms with E-state index in [-0.39, 0.29) is 44.6 Å². The third kappa shape index (κ3) is 2430. The lowest BCUT2D eigenvalue weighted by atomic mass is 10.2. The Hall–Kier alpha value is 0. The Labute approximate surface area is 165 Å². The first-order valence-corrected chi connectivity index (χ1v) is 8.24. The highest BCUT2D eigenvalue weighted by atomic mass is 13.9. The van der Waals surface area contributed by atoms with Crippen LogP contribution in [-0.4, -0.2) is 0 Å². The molecule has 0 saturated carbocycles. The summed E-state index contributed by atoms with van der Waals surface area (Å²) < 4.78 is 0. The first-order valence-electron chi connectivity index (χ1n) is 8.24. The Morgan fingerprint density at radius 1 is 0.417 bits per heavy atom. The quantitative estimate of drug-likeness (QED) is 0.437. The molecule has 0 unspecified atom stereocenters. The van der Waals surface area contributed by atoms with E-state index >= 15 is 0 Å². The molecule has 0 N–H and O–H groups in total. The zero-order chi connectivity index (χ0) is 16.0.